The van der Waals surface area contributed by atoms with Crippen molar-refractivity contribution < 1.29 is 9.13 Å². The lowest BCUT2D eigenvalue weighted by molar-refractivity contribution is -0.0336. The number of hydrogen-bond donors (Lipinski definition) is 2. The van der Waals surface area contributed by atoms with Crippen molar-refractivity contribution in [2.45, 2.75) is 32.9 Å². The average molecular weight is 371 g/mol. The van der Waals surface area contributed by atoms with Crippen LogP contribution in [-0.2, 0) is 4.74 Å². The fourth-order valence-electron chi connectivity index (χ4n) is 3.03. The molecule has 2 N–H and O–H groups in total. The normalized spacial score (nSPS) is 19.3. The molecule has 2 rings (SSSR count). The molecule has 0 radical (unpaired) electrons. The molecular formula is C18H28ClFN4O. The highest BCUT2D eigenvalue weighted by Crippen LogP contribution is 2.31. The van der Waals surface area contributed by atoms with Crippen LogP contribution in [0.1, 0.15) is 32.4 Å². The van der Waals surface area contributed by atoms with Crippen LogP contribution in [0.5, 0.6) is 0 Å². The second-order valence-electron chi connectivity index (χ2n) is 6.08. The molecule has 0 aromatic heterocycles. The third-order valence-corrected chi connectivity index (χ3v) is 4.49. The van der Waals surface area contributed by atoms with Crippen LogP contribution in [0.3, 0.4) is 0 Å². The van der Waals surface area contributed by atoms with Crippen LogP contribution in [0.15, 0.2) is 23.2 Å². The van der Waals surface area contributed by atoms with Gasteiger partial charge in [-0.3, -0.25) is 9.89 Å². The molecule has 5 nitrogen and oxygen atoms in total. The fraction of sp³-hybridized carbons (Fsp3) is 0.611. The molecule has 2 atom stereocenters. The standard InChI is InChI=1S/C18H28ClFN4O/c1-4-21-18(22-5-2)23-11-16(24-9-10-25-13(3)12-24)17-14(19)7-6-8-15(17)20/h6-8,13,16H,4-5,9-12H2,1-3H3,(H2,21,22,23). The molecule has 1 saturated heterocycles. The second kappa shape index (κ2) is 9.94. The molecule has 140 valence electrons. The van der Waals surface area contributed by atoms with E-state index >= 15 is 0 Å². The Labute approximate surface area is 154 Å². The van der Waals surface area contributed by atoms with Crippen molar-refractivity contribution in [3.63, 3.8) is 0 Å². The predicted octanol–water partition coefficient (Wildman–Crippen LogP) is 2.82. The molecule has 0 saturated carbocycles. The van der Waals surface area contributed by atoms with Crippen molar-refractivity contribution in [3.8, 4) is 0 Å². The zero-order valence-electron chi connectivity index (χ0n) is 15.2. The Morgan fingerprint density at radius 3 is 2.72 bits per heavy atom. The Hall–Kier alpha value is -1.37. The third kappa shape index (κ3) is 5.56. The maximum atomic E-state index is 14.6. The molecule has 7 heteroatoms. The Kier molecular flexibility index (Phi) is 7.93. The Morgan fingerprint density at radius 2 is 2.12 bits per heavy atom. The number of aliphatic imine (C=N–C) groups is 1. The number of hydrogen-bond acceptors (Lipinski definition) is 3. The summed E-state index contributed by atoms with van der Waals surface area (Å²) >= 11 is 6.34. The van der Waals surface area contributed by atoms with Gasteiger partial charge in [0.05, 0.1) is 25.3 Å². The minimum Gasteiger partial charge on any atom is -0.376 e. The zero-order valence-corrected chi connectivity index (χ0v) is 15.9. The number of nitrogens with one attached hydrogen (secondary N) is 2. The first-order chi connectivity index (χ1) is 12.1. The topological polar surface area (TPSA) is 48.9 Å². The van der Waals surface area contributed by atoms with Crippen LogP contribution in [0.4, 0.5) is 4.39 Å². The molecule has 1 heterocycles. The highest BCUT2D eigenvalue weighted by atomic mass is 35.5. The lowest BCUT2D eigenvalue weighted by Crippen LogP contribution is -2.45. The number of ether oxygens (including phenoxy) is 1. The van der Waals surface area contributed by atoms with Gasteiger partial charge < -0.3 is 15.4 Å². The molecule has 1 aliphatic rings. The van der Waals surface area contributed by atoms with Crippen LogP contribution >= 0.6 is 11.6 Å². The van der Waals surface area contributed by atoms with Crippen LogP contribution in [0, 0.1) is 5.82 Å². The highest BCUT2D eigenvalue weighted by Gasteiger charge is 2.29. The number of benzene rings is 1. The van der Waals surface area contributed by atoms with E-state index in [1.807, 2.05) is 20.8 Å². The maximum Gasteiger partial charge on any atom is 0.191 e. The van der Waals surface area contributed by atoms with Crippen LogP contribution in [0.2, 0.25) is 5.02 Å². The van der Waals surface area contributed by atoms with E-state index in [1.165, 1.54) is 6.07 Å². The van der Waals surface area contributed by atoms with Gasteiger partial charge in [0.15, 0.2) is 5.96 Å². The molecule has 0 bridgehead atoms. The smallest absolute Gasteiger partial charge is 0.191 e. The Bertz CT molecular complexity index is 556. The summed E-state index contributed by atoms with van der Waals surface area (Å²) in [7, 11) is 0. The maximum absolute atomic E-state index is 14.6. The molecular weight excluding hydrogens is 343 g/mol. The fourth-order valence-corrected chi connectivity index (χ4v) is 3.32. The number of guanidine groups is 1. The van der Waals surface area contributed by atoms with Gasteiger partial charge in [-0.05, 0) is 32.9 Å². The van der Waals surface area contributed by atoms with Gasteiger partial charge >= 0.3 is 0 Å². The minimum atomic E-state index is -0.291. The third-order valence-electron chi connectivity index (χ3n) is 4.16. The van der Waals surface area contributed by atoms with E-state index < -0.39 is 0 Å². The summed E-state index contributed by atoms with van der Waals surface area (Å²) in [6.07, 6.45) is 0.104. The molecule has 1 aromatic carbocycles. The molecule has 1 fully saturated rings. The van der Waals surface area contributed by atoms with E-state index in [-0.39, 0.29) is 18.0 Å². The number of halogens is 2. The van der Waals surface area contributed by atoms with E-state index in [2.05, 4.69) is 20.5 Å². The molecule has 0 aliphatic carbocycles. The van der Waals surface area contributed by atoms with Crippen molar-refractivity contribution in [1.29, 1.82) is 0 Å². The summed E-state index contributed by atoms with van der Waals surface area (Å²) in [6.45, 7) is 10.1. The van der Waals surface area contributed by atoms with Gasteiger partial charge in [0.1, 0.15) is 5.82 Å². The Balaban J connectivity index is 2.30. The highest BCUT2D eigenvalue weighted by molar-refractivity contribution is 6.31. The SMILES string of the molecule is CCNC(=NCC(c1c(F)cccc1Cl)N1CCOC(C)C1)NCC. The van der Waals surface area contributed by atoms with Gasteiger partial charge in [-0.1, -0.05) is 17.7 Å². The lowest BCUT2D eigenvalue weighted by Gasteiger charge is -2.37. The Morgan fingerprint density at radius 1 is 1.40 bits per heavy atom. The average Bonchev–Trinajstić information content (AvgIpc) is 2.57. The van der Waals surface area contributed by atoms with Crippen LogP contribution < -0.4 is 10.6 Å². The summed E-state index contributed by atoms with van der Waals surface area (Å²) in [6, 6.07) is 4.59. The largest absolute Gasteiger partial charge is 0.376 e. The van der Waals surface area contributed by atoms with Crippen LogP contribution in [-0.4, -0.2) is 56.3 Å². The van der Waals surface area contributed by atoms with Crippen molar-refractivity contribution in [2.75, 3.05) is 39.3 Å². The monoisotopic (exact) mass is 370 g/mol. The summed E-state index contributed by atoms with van der Waals surface area (Å²) in [5, 5.41) is 6.84. The van der Waals surface area contributed by atoms with E-state index in [0.29, 0.717) is 23.7 Å². The van der Waals surface area contributed by atoms with E-state index in [4.69, 9.17) is 16.3 Å². The predicted molar refractivity (Wildman–Crippen MR) is 101 cm³/mol. The first-order valence-corrected chi connectivity index (χ1v) is 9.26. The molecule has 0 spiro atoms. The molecule has 0 amide bonds. The molecule has 2 unspecified atom stereocenters. The summed E-state index contributed by atoms with van der Waals surface area (Å²) in [5.74, 6) is 0.434. The molecule has 1 aromatic rings. The first kappa shape index (κ1) is 19.9. The second-order valence-corrected chi connectivity index (χ2v) is 6.48. The van der Waals surface area contributed by atoms with E-state index in [0.717, 1.165) is 32.1 Å². The van der Waals surface area contributed by atoms with Gasteiger partial charge in [0.2, 0.25) is 0 Å². The van der Waals surface area contributed by atoms with Gasteiger partial charge in [-0.25, -0.2) is 4.39 Å². The molecule has 25 heavy (non-hydrogen) atoms. The summed E-state index contributed by atoms with van der Waals surface area (Å²) < 4.78 is 20.2. The first-order valence-electron chi connectivity index (χ1n) is 8.88. The van der Waals surface area contributed by atoms with Crippen molar-refractivity contribution >= 4 is 17.6 Å². The van der Waals surface area contributed by atoms with Gasteiger partial charge in [0.25, 0.3) is 0 Å². The number of rotatable bonds is 6. The van der Waals surface area contributed by atoms with Crippen molar-refractivity contribution in [2.24, 2.45) is 4.99 Å². The summed E-state index contributed by atoms with van der Waals surface area (Å²) in [4.78, 5) is 6.85. The number of morpholine rings is 1. The van der Waals surface area contributed by atoms with Gasteiger partial charge in [0, 0.05) is 36.8 Å². The molecule has 1 aliphatic heterocycles. The van der Waals surface area contributed by atoms with Crippen molar-refractivity contribution in [3.05, 3.63) is 34.6 Å². The minimum absolute atomic E-state index is 0.104. The number of nitrogens with zero attached hydrogens (tertiary/aromatic N) is 2. The van der Waals surface area contributed by atoms with Gasteiger partial charge in [-0.2, -0.15) is 0 Å². The summed E-state index contributed by atoms with van der Waals surface area (Å²) in [5.41, 5.74) is 0.509. The zero-order chi connectivity index (χ0) is 18.2. The quantitative estimate of drug-likeness (QED) is 0.597. The van der Waals surface area contributed by atoms with E-state index in [9.17, 15) is 4.39 Å². The van der Waals surface area contributed by atoms with Gasteiger partial charge in [-0.15, -0.1) is 0 Å². The lowest BCUT2D eigenvalue weighted by atomic mass is 10.0. The van der Waals surface area contributed by atoms with Crippen LogP contribution in [0.25, 0.3) is 0 Å². The van der Waals surface area contributed by atoms with E-state index in [1.54, 1.807) is 12.1 Å². The van der Waals surface area contributed by atoms with Crippen molar-refractivity contribution in [1.82, 2.24) is 15.5 Å².